The lowest BCUT2D eigenvalue weighted by Crippen LogP contribution is -2.26. The number of rotatable bonds is 7. The summed E-state index contributed by atoms with van der Waals surface area (Å²) in [7, 11) is 0. The molecule has 0 amide bonds. The quantitative estimate of drug-likeness (QED) is 0.845. The molecule has 0 saturated heterocycles. The van der Waals surface area contributed by atoms with Gasteiger partial charge >= 0.3 is 0 Å². The van der Waals surface area contributed by atoms with E-state index in [1.165, 1.54) is 12.3 Å². The fourth-order valence-corrected chi connectivity index (χ4v) is 2.19. The third-order valence-electron chi connectivity index (χ3n) is 3.13. The van der Waals surface area contributed by atoms with Gasteiger partial charge in [0.15, 0.2) is 0 Å². The van der Waals surface area contributed by atoms with Crippen LogP contribution >= 0.6 is 0 Å². The average Bonchev–Trinajstić information content (AvgIpc) is 2.90. The first-order valence-corrected chi connectivity index (χ1v) is 7.12. The fourth-order valence-electron chi connectivity index (χ4n) is 2.19. The van der Waals surface area contributed by atoms with Crippen molar-refractivity contribution in [1.29, 1.82) is 0 Å². The minimum absolute atomic E-state index is 0.0513. The molecule has 0 fully saturated rings. The Bertz CT molecular complexity index is 521. The van der Waals surface area contributed by atoms with Crippen molar-refractivity contribution in [1.82, 2.24) is 20.1 Å². The molecule has 0 radical (unpaired) electrons. The zero-order valence-electron chi connectivity index (χ0n) is 12.0. The standard InChI is InChI=1S/C15H21FN4/c1-3-8-17-15(13-6-5-12(16)11-18-13)14-7-9-19-20(14)10-4-2/h5-7,9,11,15,17H,3-4,8,10H2,1-2H3. The molecule has 0 aliphatic heterocycles. The second kappa shape index (κ2) is 7.14. The van der Waals surface area contributed by atoms with E-state index in [0.717, 1.165) is 37.3 Å². The highest BCUT2D eigenvalue weighted by Crippen LogP contribution is 2.20. The maximum absolute atomic E-state index is 13.0. The van der Waals surface area contributed by atoms with Gasteiger partial charge in [0, 0.05) is 12.7 Å². The molecule has 2 heterocycles. The lowest BCUT2D eigenvalue weighted by molar-refractivity contribution is 0.503. The summed E-state index contributed by atoms with van der Waals surface area (Å²) in [6.45, 7) is 5.98. The van der Waals surface area contributed by atoms with E-state index in [2.05, 4.69) is 29.2 Å². The Labute approximate surface area is 119 Å². The van der Waals surface area contributed by atoms with Crippen molar-refractivity contribution in [3.05, 3.63) is 47.8 Å². The molecule has 108 valence electrons. The zero-order valence-corrected chi connectivity index (χ0v) is 12.0. The highest BCUT2D eigenvalue weighted by Gasteiger charge is 2.18. The summed E-state index contributed by atoms with van der Waals surface area (Å²) in [5.41, 5.74) is 1.89. The topological polar surface area (TPSA) is 42.7 Å². The molecule has 4 nitrogen and oxygen atoms in total. The Morgan fingerprint density at radius 2 is 2.10 bits per heavy atom. The molecule has 0 aliphatic rings. The van der Waals surface area contributed by atoms with Crippen LogP contribution in [-0.4, -0.2) is 21.3 Å². The van der Waals surface area contributed by atoms with Crippen LogP contribution in [0.5, 0.6) is 0 Å². The molecule has 0 aliphatic carbocycles. The summed E-state index contributed by atoms with van der Waals surface area (Å²) >= 11 is 0. The molecule has 1 N–H and O–H groups in total. The molecule has 0 aromatic carbocycles. The first-order valence-electron chi connectivity index (χ1n) is 7.12. The lowest BCUT2D eigenvalue weighted by Gasteiger charge is -2.19. The summed E-state index contributed by atoms with van der Waals surface area (Å²) in [4.78, 5) is 4.21. The minimum Gasteiger partial charge on any atom is -0.304 e. The van der Waals surface area contributed by atoms with E-state index in [0.29, 0.717) is 0 Å². The Balaban J connectivity index is 2.31. The van der Waals surface area contributed by atoms with Crippen LogP contribution in [0.4, 0.5) is 4.39 Å². The fraction of sp³-hybridized carbons (Fsp3) is 0.467. The van der Waals surface area contributed by atoms with Gasteiger partial charge < -0.3 is 5.32 Å². The summed E-state index contributed by atoms with van der Waals surface area (Å²) in [6, 6.07) is 5.12. The van der Waals surface area contributed by atoms with Crippen molar-refractivity contribution < 1.29 is 4.39 Å². The largest absolute Gasteiger partial charge is 0.304 e. The SMILES string of the molecule is CCCNC(c1ccc(F)cn1)c1ccnn1CCC. The van der Waals surface area contributed by atoms with Crippen molar-refractivity contribution in [3.63, 3.8) is 0 Å². The van der Waals surface area contributed by atoms with E-state index in [4.69, 9.17) is 0 Å². The summed E-state index contributed by atoms with van der Waals surface area (Å²) < 4.78 is 15.0. The number of pyridine rings is 1. The van der Waals surface area contributed by atoms with Gasteiger partial charge in [-0.15, -0.1) is 0 Å². The van der Waals surface area contributed by atoms with Gasteiger partial charge in [-0.2, -0.15) is 5.10 Å². The van der Waals surface area contributed by atoms with Crippen LogP contribution in [0.1, 0.15) is 44.1 Å². The third-order valence-corrected chi connectivity index (χ3v) is 3.13. The maximum Gasteiger partial charge on any atom is 0.141 e. The number of halogens is 1. The lowest BCUT2D eigenvalue weighted by atomic mass is 10.1. The van der Waals surface area contributed by atoms with Gasteiger partial charge in [-0.05, 0) is 37.6 Å². The number of aromatic nitrogens is 3. The molecule has 20 heavy (non-hydrogen) atoms. The molecular weight excluding hydrogens is 255 g/mol. The highest BCUT2D eigenvalue weighted by molar-refractivity contribution is 5.22. The highest BCUT2D eigenvalue weighted by atomic mass is 19.1. The van der Waals surface area contributed by atoms with Crippen LogP contribution < -0.4 is 5.32 Å². The smallest absolute Gasteiger partial charge is 0.141 e. The van der Waals surface area contributed by atoms with Crippen molar-refractivity contribution >= 4 is 0 Å². The molecule has 5 heteroatoms. The molecule has 2 aromatic rings. The maximum atomic E-state index is 13.0. The van der Waals surface area contributed by atoms with Crippen LogP contribution in [0.3, 0.4) is 0 Å². The second-order valence-corrected chi connectivity index (χ2v) is 4.77. The number of aryl methyl sites for hydroxylation is 1. The van der Waals surface area contributed by atoms with E-state index in [-0.39, 0.29) is 11.9 Å². The van der Waals surface area contributed by atoms with Gasteiger partial charge in [0.25, 0.3) is 0 Å². The number of hydrogen-bond donors (Lipinski definition) is 1. The van der Waals surface area contributed by atoms with Crippen LogP contribution in [-0.2, 0) is 6.54 Å². The van der Waals surface area contributed by atoms with Gasteiger partial charge in [-0.25, -0.2) is 4.39 Å². The average molecular weight is 276 g/mol. The van der Waals surface area contributed by atoms with Gasteiger partial charge in [-0.1, -0.05) is 13.8 Å². The van der Waals surface area contributed by atoms with Crippen molar-refractivity contribution in [2.24, 2.45) is 0 Å². The Morgan fingerprint density at radius 3 is 2.75 bits per heavy atom. The zero-order chi connectivity index (χ0) is 14.4. The predicted octanol–water partition coefficient (Wildman–Crippen LogP) is 2.92. The number of nitrogens with one attached hydrogen (secondary N) is 1. The molecule has 1 unspecified atom stereocenters. The summed E-state index contributed by atoms with van der Waals surface area (Å²) in [5, 5.41) is 7.81. The van der Waals surface area contributed by atoms with Gasteiger partial charge in [0.05, 0.1) is 23.6 Å². The first kappa shape index (κ1) is 14.7. The molecule has 2 aromatic heterocycles. The molecule has 1 atom stereocenters. The van der Waals surface area contributed by atoms with Gasteiger partial charge in [0.1, 0.15) is 5.82 Å². The van der Waals surface area contributed by atoms with E-state index < -0.39 is 0 Å². The van der Waals surface area contributed by atoms with Crippen molar-refractivity contribution in [2.45, 2.75) is 39.3 Å². The van der Waals surface area contributed by atoms with Crippen molar-refractivity contribution in [2.75, 3.05) is 6.54 Å². The van der Waals surface area contributed by atoms with Gasteiger partial charge in [0.2, 0.25) is 0 Å². The van der Waals surface area contributed by atoms with E-state index >= 15 is 0 Å². The van der Waals surface area contributed by atoms with Crippen LogP contribution in [0, 0.1) is 5.82 Å². The van der Waals surface area contributed by atoms with E-state index in [9.17, 15) is 4.39 Å². The molecule has 0 bridgehead atoms. The van der Waals surface area contributed by atoms with Crippen LogP contribution in [0.25, 0.3) is 0 Å². The van der Waals surface area contributed by atoms with Crippen LogP contribution in [0.2, 0.25) is 0 Å². The Morgan fingerprint density at radius 1 is 1.25 bits per heavy atom. The van der Waals surface area contributed by atoms with Gasteiger partial charge in [-0.3, -0.25) is 9.67 Å². The third kappa shape index (κ3) is 3.42. The first-order chi connectivity index (χ1) is 9.76. The Hall–Kier alpha value is -1.75. The minimum atomic E-state index is -0.315. The van der Waals surface area contributed by atoms with E-state index in [1.54, 1.807) is 12.3 Å². The monoisotopic (exact) mass is 276 g/mol. The molecular formula is C15H21FN4. The molecule has 2 rings (SSSR count). The summed E-state index contributed by atoms with van der Waals surface area (Å²) in [5.74, 6) is -0.315. The van der Waals surface area contributed by atoms with Crippen molar-refractivity contribution in [3.8, 4) is 0 Å². The normalized spacial score (nSPS) is 12.6. The predicted molar refractivity (Wildman–Crippen MR) is 76.8 cm³/mol. The Kier molecular flexibility index (Phi) is 5.24. The second-order valence-electron chi connectivity index (χ2n) is 4.77. The molecule has 0 saturated carbocycles. The number of hydrogen-bond acceptors (Lipinski definition) is 3. The van der Waals surface area contributed by atoms with E-state index in [1.807, 2.05) is 10.7 Å². The van der Waals surface area contributed by atoms with Crippen LogP contribution in [0.15, 0.2) is 30.6 Å². The summed E-state index contributed by atoms with van der Waals surface area (Å²) in [6.07, 6.45) is 5.11. The number of nitrogens with zero attached hydrogens (tertiary/aromatic N) is 3. The molecule has 0 spiro atoms.